The summed E-state index contributed by atoms with van der Waals surface area (Å²) in [6, 6.07) is 6.95. The van der Waals surface area contributed by atoms with Crippen molar-refractivity contribution in [3.8, 4) is 0 Å². The van der Waals surface area contributed by atoms with Crippen molar-refractivity contribution in [2.75, 3.05) is 0 Å². The van der Waals surface area contributed by atoms with Crippen LogP contribution in [0, 0.1) is 5.92 Å². The van der Waals surface area contributed by atoms with Crippen LogP contribution in [0.5, 0.6) is 0 Å². The minimum Gasteiger partial charge on any atom is -0.393 e. The van der Waals surface area contributed by atoms with E-state index in [9.17, 15) is 5.11 Å². The topological polar surface area (TPSA) is 20.2 Å². The van der Waals surface area contributed by atoms with Crippen LogP contribution in [0.15, 0.2) is 18.2 Å². The highest BCUT2D eigenvalue weighted by molar-refractivity contribution is 5.35. The largest absolute Gasteiger partial charge is 0.393 e. The Kier molecular flexibility index (Phi) is 4.22. The zero-order chi connectivity index (χ0) is 12.3. The van der Waals surface area contributed by atoms with E-state index in [2.05, 4.69) is 32.0 Å². The molecule has 0 aromatic heterocycles. The van der Waals surface area contributed by atoms with Gasteiger partial charge in [0.05, 0.1) is 6.10 Å². The van der Waals surface area contributed by atoms with Crippen molar-refractivity contribution in [2.45, 2.75) is 58.5 Å². The van der Waals surface area contributed by atoms with Crippen molar-refractivity contribution in [1.82, 2.24) is 0 Å². The maximum absolute atomic E-state index is 9.76. The van der Waals surface area contributed by atoms with Crippen LogP contribution in [0.2, 0.25) is 0 Å². The van der Waals surface area contributed by atoms with Gasteiger partial charge in [-0.3, -0.25) is 0 Å². The summed E-state index contributed by atoms with van der Waals surface area (Å²) in [4.78, 5) is 0. The summed E-state index contributed by atoms with van der Waals surface area (Å²) in [6.45, 7) is 4.17. The highest BCUT2D eigenvalue weighted by Crippen LogP contribution is 2.23. The van der Waals surface area contributed by atoms with Gasteiger partial charge in [-0.2, -0.15) is 0 Å². The normalized spacial score (nSPS) is 16.2. The SMILES string of the molecule is CC(C)C(O)CCCc1ccc2c(c1)CCC2. The van der Waals surface area contributed by atoms with Crippen LogP contribution in [0.4, 0.5) is 0 Å². The van der Waals surface area contributed by atoms with E-state index in [1.54, 1.807) is 11.1 Å². The van der Waals surface area contributed by atoms with Crippen LogP contribution in [-0.4, -0.2) is 11.2 Å². The lowest BCUT2D eigenvalue weighted by molar-refractivity contribution is 0.114. The van der Waals surface area contributed by atoms with E-state index in [0.29, 0.717) is 5.92 Å². The predicted octanol–water partition coefficient (Wildman–Crippen LogP) is 3.51. The fourth-order valence-electron chi connectivity index (χ4n) is 2.63. The fraction of sp³-hybridized carbons (Fsp3) is 0.625. The number of aliphatic hydroxyl groups is 1. The van der Waals surface area contributed by atoms with E-state index in [1.807, 2.05) is 0 Å². The van der Waals surface area contributed by atoms with Crippen LogP contribution in [0.25, 0.3) is 0 Å². The molecule has 1 aliphatic rings. The van der Waals surface area contributed by atoms with E-state index in [-0.39, 0.29) is 6.10 Å². The second-order valence-electron chi connectivity index (χ2n) is 5.66. The molecule has 1 atom stereocenters. The molecule has 1 unspecified atom stereocenters. The molecule has 0 amide bonds. The number of hydrogen-bond acceptors (Lipinski definition) is 1. The first-order chi connectivity index (χ1) is 8.16. The van der Waals surface area contributed by atoms with E-state index < -0.39 is 0 Å². The average Bonchev–Trinajstić information content (AvgIpc) is 2.75. The summed E-state index contributed by atoms with van der Waals surface area (Å²) in [7, 11) is 0. The molecule has 0 heterocycles. The zero-order valence-electron chi connectivity index (χ0n) is 11.1. The molecule has 1 N–H and O–H groups in total. The number of rotatable bonds is 5. The Balaban J connectivity index is 1.83. The first kappa shape index (κ1) is 12.6. The third-order valence-corrected chi connectivity index (χ3v) is 3.90. The summed E-state index contributed by atoms with van der Waals surface area (Å²) in [6.07, 6.45) is 6.85. The third-order valence-electron chi connectivity index (χ3n) is 3.90. The smallest absolute Gasteiger partial charge is 0.0563 e. The van der Waals surface area contributed by atoms with Gasteiger partial charge in [0.25, 0.3) is 0 Å². The van der Waals surface area contributed by atoms with E-state index in [4.69, 9.17) is 0 Å². The number of aryl methyl sites for hydroxylation is 3. The van der Waals surface area contributed by atoms with Crippen molar-refractivity contribution in [2.24, 2.45) is 5.92 Å². The maximum Gasteiger partial charge on any atom is 0.0563 e. The van der Waals surface area contributed by atoms with Gasteiger partial charge in [0.1, 0.15) is 0 Å². The molecular formula is C16H24O. The van der Waals surface area contributed by atoms with Crippen LogP contribution in [0.3, 0.4) is 0 Å². The summed E-state index contributed by atoms with van der Waals surface area (Å²) < 4.78 is 0. The Morgan fingerprint density at radius 3 is 2.71 bits per heavy atom. The summed E-state index contributed by atoms with van der Waals surface area (Å²) in [5.74, 6) is 0.384. The molecule has 1 heteroatoms. The number of hydrogen-bond donors (Lipinski definition) is 1. The molecule has 1 nitrogen and oxygen atoms in total. The first-order valence-corrected chi connectivity index (χ1v) is 6.95. The number of aliphatic hydroxyl groups excluding tert-OH is 1. The van der Waals surface area contributed by atoms with Crippen molar-refractivity contribution < 1.29 is 5.11 Å². The molecule has 1 aromatic rings. The summed E-state index contributed by atoms with van der Waals surface area (Å²) in [5.41, 5.74) is 4.56. The predicted molar refractivity (Wildman–Crippen MR) is 72.2 cm³/mol. The van der Waals surface area contributed by atoms with Crippen LogP contribution >= 0.6 is 0 Å². The molecule has 2 rings (SSSR count). The molecule has 0 saturated carbocycles. The van der Waals surface area contributed by atoms with Gasteiger partial charge in [-0.15, -0.1) is 0 Å². The quantitative estimate of drug-likeness (QED) is 0.823. The Bertz CT molecular complexity index is 368. The van der Waals surface area contributed by atoms with Gasteiger partial charge < -0.3 is 5.11 Å². The summed E-state index contributed by atoms with van der Waals surface area (Å²) in [5, 5.41) is 9.76. The molecular weight excluding hydrogens is 208 g/mol. The Hall–Kier alpha value is -0.820. The molecule has 94 valence electrons. The highest BCUT2D eigenvalue weighted by Gasteiger charge is 2.11. The number of fused-ring (bicyclic) bond motifs is 1. The van der Waals surface area contributed by atoms with E-state index in [1.165, 1.54) is 24.8 Å². The van der Waals surface area contributed by atoms with Crippen LogP contribution < -0.4 is 0 Å². The first-order valence-electron chi connectivity index (χ1n) is 6.95. The van der Waals surface area contributed by atoms with E-state index >= 15 is 0 Å². The zero-order valence-corrected chi connectivity index (χ0v) is 11.1. The molecule has 0 saturated heterocycles. The molecule has 0 bridgehead atoms. The van der Waals surface area contributed by atoms with Crippen LogP contribution in [-0.2, 0) is 19.3 Å². The lowest BCUT2D eigenvalue weighted by Crippen LogP contribution is -2.14. The minimum atomic E-state index is -0.135. The average molecular weight is 232 g/mol. The van der Waals surface area contributed by atoms with Gasteiger partial charge in [0, 0.05) is 0 Å². The van der Waals surface area contributed by atoms with Gasteiger partial charge in [-0.1, -0.05) is 32.0 Å². The molecule has 0 fully saturated rings. The molecule has 0 spiro atoms. The van der Waals surface area contributed by atoms with Gasteiger partial charge in [-0.05, 0) is 61.1 Å². The lowest BCUT2D eigenvalue weighted by atomic mass is 9.98. The van der Waals surface area contributed by atoms with Crippen molar-refractivity contribution >= 4 is 0 Å². The Morgan fingerprint density at radius 2 is 1.94 bits per heavy atom. The molecule has 0 radical (unpaired) electrons. The van der Waals surface area contributed by atoms with Crippen LogP contribution in [0.1, 0.15) is 49.8 Å². The number of benzene rings is 1. The van der Waals surface area contributed by atoms with Gasteiger partial charge in [0.15, 0.2) is 0 Å². The monoisotopic (exact) mass is 232 g/mol. The molecule has 1 aromatic carbocycles. The third kappa shape index (κ3) is 3.32. The van der Waals surface area contributed by atoms with Gasteiger partial charge in [-0.25, -0.2) is 0 Å². The highest BCUT2D eigenvalue weighted by atomic mass is 16.3. The second kappa shape index (κ2) is 5.68. The van der Waals surface area contributed by atoms with Crippen molar-refractivity contribution in [1.29, 1.82) is 0 Å². The van der Waals surface area contributed by atoms with Crippen molar-refractivity contribution in [3.63, 3.8) is 0 Å². The Morgan fingerprint density at radius 1 is 1.18 bits per heavy atom. The van der Waals surface area contributed by atoms with E-state index in [0.717, 1.165) is 19.3 Å². The molecule has 1 aliphatic carbocycles. The lowest BCUT2D eigenvalue weighted by Gasteiger charge is -2.14. The minimum absolute atomic E-state index is 0.135. The maximum atomic E-state index is 9.76. The standard InChI is InChI=1S/C16H24O/c1-12(2)16(17)8-3-5-13-9-10-14-6-4-7-15(14)11-13/h9-12,16-17H,3-8H2,1-2H3. The second-order valence-corrected chi connectivity index (χ2v) is 5.66. The fourth-order valence-corrected chi connectivity index (χ4v) is 2.63. The van der Waals surface area contributed by atoms with Gasteiger partial charge in [0.2, 0.25) is 0 Å². The molecule has 17 heavy (non-hydrogen) atoms. The molecule has 0 aliphatic heterocycles. The summed E-state index contributed by atoms with van der Waals surface area (Å²) >= 11 is 0. The Labute approximate surface area is 105 Å². The van der Waals surface area contributed by atoms with Crippen molar-refractivity contribution in [3.05, 3.63) is 34.9 Å². The van der Waals surface area contributed by atoms with Gasteiger partial charge >= 0.3 is 0 Å².